The highest BCUT2D eigenvalue weighted by Crippen LogP contribution is 2.76. The van der Waals surface area contributed by atoms with Crippen LogP contribution in [-0.4, -0.2) is 352 Å². The number of esters is 1. The Kier molecular flexibility index (Phi) is 29.5. The van der Waals surface area contributed by atoms with Crippen LogP contribution in [0.3, 0.4) is 0 Å². The molecule has 4 saturated carbocycles. The molecule has 12 aliphatic rings. The molecule has 12 rings (SSSR count). The van der Waals surface area contributed by atoms with Crippen LogP contribution in [0.4, 0.5) is 0 Å². The third-order valence-electron chi connectivity index (χ3n) is 29.1. The summed E-state index contributed by atoms with van der Waals surface area (Å²) in [7, 11) is 0. The van der Waals surface area contributed by atoms with Crippen LogP contribution in [0, 0.1) is 50.2 Å². The first-order chi connectivity index (χ1) is 54.8. The standard InChI is InChI=1S/C80H131NO35/c1-9-10-11-12-13-14-15-16-17-18-49(90)81-50-43(29-82)108-71(63(53(50)93)114-68-58(98)55(95)60(37(2)107-68)111-67-59(99)61(41(87)32-104-67)112-72-65(100)79(102,35-85)36-106-72)116-73(101)80-26-25-74(3,4)27-39(80)38-19-20-46-75(5)23-22-48(76(6,34-84)45(75)21-24-77(46,7)78(38,8)28-47(80)89)110-70-64(115-69-57(97)54(94)52(92)44(30-83)109-69)62(42(88)33-105-70)113-66-56(96)51(91)40(86)31-103-66/h19,34,37,39-48,50-72,82-83,85-89,91-100,102H,9-18,20-33,35-36H2,1-8H3,(H,81,90)/t37?,39?,40-,41-,42-,43?,44?,45-,46?,47?,48+,50+,51+,52+,53?,54+,55?,56?,57?,58+,59-,60+,61?,62+,63-,64?,65-,66+,67+,68+,69+,70+,71+,72+,75?,76-,77+,78-,79?,80-/m1/s1. The number of unbranched alkanes of at least 4 members (excludes halogenated alkanes) is 8. The number of rotatable bonds is 29. The molecule has 11 fully saturated rings. The smallest absolute Gasteiger partial charge is 0.317 e. The fraction of sp³-hybridized carbons (Fsp3) is 0.938. The number of hydrogen-bond acceptors (Lipinski definition) is 35. The summed E-state index contributed by atoms with van der Waals surface area (Å²) >= 11 is 0. The van der Waals surface area contributed by atoms with E-state index in [2.05, 4.69) is 52.9 Å². The first-order valence-corrected chi connectivity index (χ1v) is 42.0. The van der Waals surface area contributed by atoms with Crippen molar-refractivity contribution in [3.05, 3.63) is 11.6 Å². The van der Waals surface area contributed by atoms with Gasteiger partial charge < -0.3 is 168 Å². The Morgan fingerprint density at radius 1 is 0.534 bits per heavy atom. The molecule has 5 aliphatic carbocycles. The van der Waals surface area contributed by atoms with E-state index in [-0.39, 0.29) is 31.6 Å². The van der Waals surface area contributed by atoms with Gasteiger partial charge in [0.25, 0.3) is 0 Å². The molecule has 19 N–H and O–H groups in total. The molecule has 36 nitrogen and oxygen atoms in total. The SMILES string of the molecule is CCCCCCCCCCCC(=O)N[C@H]1C(CO)O[C@@H](OC(=O)[C@]23CCC(C)(C)CC2C2=CCC4C5(C)CC[C@H](O[C@@H]6OC[C@@H](O)[C@H](O[C@@H]7OC[C@@H](O)[C@H](O)C7O)C6O[C@@H]6OC(CO)[C@H](O)[C@H](O)C6O)[C@](C)(C=O)[C@@H]5CC[C@]4(C)[C@]2(C)CC3O)[C@H](O[C@@H]2OC(C)[C@H](O[C@@H]3OC[C@@H](O)C(O[C@@H]4OCC(O)(CO)[C@@H]4O)[C@H]3O)C(O)[C@@H]2O)C1O. The van der Waals surface area contributed by atoms with E-state index in [1.807, 2.05) is 6.92 Å². The number of hydrogen-bond donors (Lipinski definition) is 19. The third-order valence-corrected chi connectivity index (χ3v) is 29.1. The van der Waals surface area contributed by atoms with Gasteiger partial charge in [0, 0.05) is 6.42 Å². The van der Waals surface area contributed by atoms with Gasteiger partial charge in [-0.3, -0.25) is 9.59 Å². The van der Waals surface area contributed by atoms with Crippen molar-refractivity contribution in [1.82, 2.24) is 5.32 Å². The van der Waals surface area contributed by atoms with Gasteiger partial charge in [0.2, 0.25) is 12.2 Å². The molecule has 36 heteroatoms. The molecule has 0 bridgehead atoms. The lowest BCUT2D eigenvalue weighted by molar-refractivity contribution is -0.384. The molecule has 0 aromatic carbocycles. The van der Waals surface area contributed by atoms with E-state index < -0.39 is 299 Å². The molecule has 40 atom stereocenters. The van der Waals surface area contributed by atoms with Gasteiger partial charge in [-0.25, -0.2) is 0 Å². The van der Waals surface area contributed by atoms with Gasteiger partial charge in [-0.1, -0.05) is 111 Å². The lowest BCUT2D eigenvalue weighted by Gasteiger charge is -2.71. The van der Waals surface area contributed by atoms with Gasteiger partial charge >= 0.3 is 5.97 Å². The van der Waals surface area contributed by atoms with Crippen molar-refractivity contribution in [3.8, 4) is 0 Å². The van der Waals surface area contributed by atoms with E-state index in [0.29, 0.717) is 44.9 Å². The number of ether oxygens (including phenoxy) is 14. The van der Waals surface area contributed by atoms with Crippen LogP contribution in [0.5, 0.6) is 0 Å². The van der Waals surface area contributed by atoms with Crippen molar-refractivity contribution < 1.29 is 173 Å². The Morgan fingerprint density at radius 3 is 1.77 bits per heavy atom. The van der Waals surface area contributed by atoms with Crippen LogP contribution in [0.1, 0.15) is 177 Å². The topological polar surface area (TPSA) is 557 Å². The molecular weight excluding hydrogens is 1530 g/mol. The number of allylic oxidation sites excluding steroid dienone is 2. The summed E-state index contributed by atoms with van der Waals surface area (Å²) < 4.78 is 85.3. The van der Waals surface area contributed by atoms with Gasteiger partial charge in [-0.15, -0.1) is 0 Å². The second-order valence-corrected chi connectivity index (χ2v) is 37.0. The van der Waals surface area contributed by atoms with E-state index in [4.69, 9.17) is 66.3 Å². The van der Waals surface area contributed by atoms with E-state index in [0.717, 1.165) is 56.8 Å². The van der Waals surface area contributed by atoms with E-state index >= 15 is 4.79 Å². The number of amides is 1. The van der Waals surface area contributed by atoms with Crippen molar-refractivity contribution in [1.29, 1.82) is 0 Å². The second-order valence-electron chi connectivity index (χ2n) is 37.0. The summed E-state index contributed by atoms with van der Waals surface area (Å²) in [6, 6.07) is -1.44. The number of aliphatic hydroxyl groups excluding tert-OH is 17. The quantitative estimate of drug-likeness (QED) is 0.0118. The van der Waals surface area contributed by atoms with E-state index in [1.54, 1.807) is 0 Å². The summed E-state index contributed by atoms with van der Waals surface area (Å²) in [5.41, 5.74) is -6.70. The Morgan fingerprint density at radius 2 is 1.11 bits per heavy atom. The second kappa shape index (κ2) is 37.1. The van der Waals surface area contributed by atoms with Gasteiger partial charge in [-0.05, 0) is 111 Å². The molecule has 0 radical (unpaired) electrons. The molecule has 1 amide bonds. The molecule has 116 heavy (non-hydrogen) atoms. The number of nitrogens with one attached hydrogen (secondary N) is 1. The minimum absolute atomic E-state index is 0.0398. The lowest BCUT2D eigenvalue weighted by Crippen LogP contribution is -2.70. The van der Waals surface area contributed by atoms with Crippen LogP contribution < -0.4 is 5.32 Å². The summed E-state index contributed by atoms with van der Waals surface area (Å²) in [5, 5.41) is 204. The maximum atomic E-state index is 16.2. The molecule has 0 spiro atoms. The van der Waals surface area contributed by atoms with Crippen LogP contribution >= 0.6 is 0 Å². The van der Waals surface area contributed by atoms with Gasteiger partial charge in [-0.2, -0.15) is 0 Å². The number of fused-ring (bicyclic) bond motifs is 7. The van der Waals surface area contributed by atoms with E-state index in [9.17, 15) is 102 Å². The van der Waals surface area contributed by atoms with Crippen LogP contribution in [-0.2, 0) is 80.7 Å². The van der Waals surface area contributed by atoms with Gasteiger partial charge in [0.1, 0.15) is 133 Å². The molecular formula is C80H131NO35. The summed E-state index contributed by atoms with van der Waals surface area (Å²) in [5.74, 6) is -2.69. The zero-order valence-electron chi connectivity index (χ0n) is 67.7. The first kappa shape index (κ1) is 92.3. The summed E-state index contributed by atoms with van der Waals surface area (Å²) in [6.07, 6.45) is -35.7. The average Bonchev–Trinajstić information content (AvgIpc) is 0.766. The van der Waals surface area contributed by atoms with Gasteiger partial charge in [0.05, 0.1) is 76.0 Å². The maximum Gasteiger partial charge on any atom is 0.317 e. The van der Waals surface area contributed by atoms with Crippen molar-refractivity contribution >= 4 is 18.2 Å². The highest BCUT2D eigenvalue weighted by molar-refractivity contribution is 5.80. The molecule has 14 unspecified atom stereocenters. The Hall–Kier alpha value is -2.89. The van der Waals surface area contributed by atoms with Crippen molar-refractivity contribution in [2.45, 2.75) is 373 Å². The number of carbonyl (C=O) groups excluding carboxylic acids is 3. The fourth-order valence-electron chi connectivity index (χ4n) is 21.8. The maximum absolute atomic E-state index is 16.2. The highest BCUT2D eigenvalue weighted by Gasteiger charge is 2.73. The highest BCUT2D eigenvalue weighted by atomic mass is 16.8. The average molecular weight is 1670 g/mol. The fourth-order valence-corrected chi connectivity index (χ4v) is 21.8. The Bertz CT molecular complexity index is 3290. The predicted octanol–water partition coefficient (Wildman–Crippen LogP) is -2.78. The summed E-state index contributed by atoms with van der Waals surface area (Å²) in [6.45, 7) is 11.5. The number of aliphatic hydroxyl groups is 18. The van der Waals surface area contributed by atoms with Crippen molar-refractivity contribution in [3.63, 3.8) is 0 Å². The van der Waals surface area contributed by atoms with Crippen LogP contribution in [0.15, 0.2) is 11.6 Å². The lowest BCUT2D eigenvalue weighted by atomic mass is 9.33. The first-order valence-electron chi connectivity index (χ1n) is 42.0. The minimum atomic E-state index is -2.11. The summed E-state index contributed by atoms with van der Waals surface area (Å²) in [4.78, 5) is 44.4. The molecule has 666 valence electrons. The monoisotopic (exact) mass is 1670 g/mol. The third kappa shape index (κ3) is 17.4. The normalized spacial score (nSPS) is 50.2. The van der Waals surface area contributed by atoms with Crippen molar-refractivity contribution in [2.75, 3.05) is 46.2 Å². The zero-order chi connectivity index (χ0) is 84.3. The molecule has 0 aromatic heterocycles. The Balaban J connectivity index is 0.790. The van der Waals surface area contributed by atoms with Gasteiger partial charge in [0.15, 0.2) is 43.8 Å². The van der Waals surface area contributed by atoms with Crippen molar-refractivity contribution in [2.24, 2.45) is 50.2 Å². The predicted molar refractivity (Wildman–Crippen MR) is 395 cm³/mol. The number of aldehydes is 1. The molecule has 7 aliphatic heterocycles. The van der Waals surface area contributed by atoms with Crippen LogP contribution in [0.2, 0.25) is 0 Å². The largest absolute Gasteiger partial charge is 0.432 e. The minimum Gasteiger partial charge on any atom is -0.432 e. The molecule has 0 aromatic rings. The Labute approximate surface area is 675 Å². The molecule has 7 saturated heterocycles. The molecule has 7 heterocycles. The zero-order valence-corrected chi connectivity index (χ0v) is 67.7. The number of carbonyl (C=O) groups is 3. The van der Waals surface area contributed by atoms with Crippen LogP contribution in [0.25, 0.3) is 0 Å². The van der Waals surface area contributed by atoms with E-state index in [1.165, 1.54) is 13.3 Å².